The highest BCUT2D eigenvalue weighted by molar-refractivity contribution is 5.94. The predicted molar refractivity (Wildman–Crippen MR) is 172 cm³/mol. The Morgan fingerprint density at radius 1 is 1.22 bits per heavy atom. The van der Waals surface area contributed by atoms with Gasteiger partial charge < -0.3 is 37.1 Å². The van der Waals surface area contributed by atoms with E-state index < -0.39 is 5.91 Å². The quantitative estimate of drug-likeness (QED) is 0.187. The first kappa shape index (κ1) is 31.2. The molecule has 1 aromatic carbocycles. The number of nitriles is 1. The zero-order valence-corrected chi connectivity index (χ0v) is 25.8. The van der Waals surface area contributed by atoms with E-state index in [1.807, 2.05) is 25.1 Å². The van der Waals surface area contributed by atoms with E-state index in [4.69, 9.17) is 16.2 Å². The smallest absolute Gasteiger partial charge is 0.269 e. The SMILES string of the molecule is CNC(=O)/C(N)=C(/C=C(\N)NC(=O)C1CC1)Nc1ccc(C)c(C2=CN(C3CN(Cc4cc(C#N)ccn4)C3)CC=C2)c1OC. The first-order valence-corrected chi connectivity index (χ1v) is 14.9. The molecule has 7 N–H and O–H groups in total. The summed E-state index contributed by atoms with van der Waals surface area (Å²) in [5.74, 6) is -0.0482. The predicted octanol–water partition coefficient (Wildman–Crippen LogP) is 2.02. The molecule has 1 saturated heterocycles. The van der Waals surface area contributed by atoms with Crippen LogP contribution in [-0.4, -0.2) is 66.4 Å². The normalized spacial score (nSPS) is 17.4. The van der Waals surface area contributed by atoms with Crippen LogP contribution in [0.3, 0.4) is 0 Å². The largest absolute Gasteiger partial charge is 0.494 e. The van der Waals surface area contributed by atoms with Gasteiger partial charge in [-0.3, -0.25) is 19.5 Å². The molecular formula is C33H39N9O3. The lowest BCUT2D eigenvalue weighted by Crippen LogP contribution is -2.57. The molecule has 0 atom stereocenters. The summed E-state index contributed by atoms with van der Waals surface area (Å²) in [7, 11) is 3.08. The Labute approximate surface area is 263 Å². The molecule has 0 radical (unpaired) electrons. The lowest BCUT2D eigenvalue weighted by molar-refractivity contribution is -0.121. The van der Waals surface area contributed by atoms with Crippen molar-refractivity contribution in [1.29, 1.82) is 5.26 Å². The summed E-state index contributed by atoms with van der Waals surface area (Å²) >= 11 is 0. The van der Waals surface area contributed by atoms with Crippen molar-refractivity contribution in [2.75, 3.05) is 39.1 Å². The first-order chi connectivity index (χ1) is 21.7. The van der Waals surface area contributed by atoms with Gasteiger partial charge in [0, 0.05) is 68.8 Å². The molecule has 2 amide bonds. The van der Waals surface area contributed by atoms with E-state index in [0.717, 1.165) is 54.9 Å². The van der Waals surface area contributed by atoms with E-state index in [1.54, 1.807) is 19.4 Å². The molecule has 0 spiro atoms. The lowest BCUT2D eigenvalue weighted by Gasteiger charge is -2.45. The Balaban J connectivity index is 1.36. The number of carbonyl (C=O) groups is 2. The van der Waals surface area contributed by atoms with E-state index in [9.17, 15) is 14.9 Å². The molecule has 2 aromatic rings. The fourth-order valence-corrected chi connectivity index (χ4v) is 5.44. The number of anilines is 1. The molecule has 12 nitrogen and oxygen atoms in total. The Hall–Kier alpha value is -5.28. The maximum absolute atomic E-state index is 12.5. The number of ether oxygens (including phenoxy) is 1. The number of allylic oxidation sites excluding steroid dienone is 3. The van der Waals surface area contributed by atoms with E-state index in [1.165, 1.54) is 13.1 Å². The van der Waals surface area contributed by atoms with Crippen LogP contribution in [0, 0.1) is 24.2 Å². The van der Waals surface area contributed by atoms with Crippen molar-refractivity contribution >= 4 is 23.1 Å². The van der Waals surface area contributed by atoms with Crippen molar-refractivity contribution in [1.82, 2.24) is 25.4 Å². The van der Waals surface area contributed by atoms with Crippen molar-refractivity contribution in [2.45, 2.75) is 32.4 Å². The number of hydrogen-bond donors (Lipinski definition) is 5. The van der Waals surface area contributed by atoms with Gasteiger partial charge in [-0.05, 0) is 43.5 Å². The van der Waals surface area contributed by atoms with Crippen molar-refractivity contribution < 1.29 is 14.3 Å². The Morgan fingerprint density at radius 2 is 2.00 bits per heavy atom. The van der Waals surface area contributed by atoms with Gasteiger partial charge in [-0.1, -0.05) is 18.2 Å². The molecular weight excluding hydrogens is 570 g/mol. The molecule has 45 heavy (non-hydrogen) atoms. The molecule has 5 rings (SSSR count). The number of methoxy groups -OCH3 is 1. The molecule has 1 aliphatic carbocycles. The third-order valence-electron chi connectivity index (χ3n) is 8.06. The zero-order chi connectivity index (χ0) is 32.1. The first-order valence-electron chi connectivity index (χ1n) is 14.9. The maximum atomic E-state index is 12.5. The van der Waals surface area contributed by atoms with E-state index in [-0.39, 0.29) is 29.0 Å². The molecule has 0 bridgehead atoms. The minimum atomic E-state index is -0.502. The number of aromatic nitrogens is 1. The zero-order valence-electron chi connectivity index (χ0n) is 25.8. The van der Waals surface area contributed by atoms with Gasteiger partial charge in [0.15, 0.2) is 0 Å². The van der Waals surface area contributed by atoms with Gasteiger partial charge in [-0.25, -0.2) is 0 Å². The number of nitrogens with two attached hydrogens (primary N) is 2. The number of aryl methyl sites for hydroxylation is 1. The molecule has 234 valence electrons. The molecule has 1 aromatic heterocycles. The van der Waals surface area contributed by atoms with Crippen molar-refractivity contribution in [3.8, 4) is 11.8 Å². The van der Waals surface area contributed by atoms with E-state index >= 15 is 0 Å². The standard InChI is InChI=1S/C33H39N9O3/c1-20-6-9-26(39-27(30(36)33(44)37-2)14-28(35)40-32(43)22-7-8-22)31(45-3)29(20)23-5-4-12-42(16-23)25-18-41(19-25)17-24-13-21(15-34)10-11-38-24/h4-6,9-11,13-14,16,22,25,39H,7-8,12,17-19,35-36H2,1-3H3,(H,37,44)(H,40,43)/b28-14+,30-27+. The minimum absolute atomic E-state index is 0.0359. The number of nitrogens with zero attached hydrogens (tertiary/aromatic N) is 4. The van der Waals surface area contributed by atoms with Crippen LogP contribution < -0.4 is 32.2 Å². The summed E-state index contributed by atoms with van der Waals surface area (Å²) in [4.78, 5) is 33.8. The fraction of sp³-hybridized carbons (Fsp3) is 0.333. The summed E-state index contributed by atoms with van der Waals surface area (Å²) in [5, 5.41) is 17.6. The lowest BCUT2D eigenvalue weighted by atomic mass is 9.96. The molecule has 12 heteroatoms. The average molecular weight is 610 g/mol. The summed E-state index contributed by atoms with van der Waals surface area (Å²) < 4.78 is 5.95. The number of likely N-dealkylation sites (tertiary alicyclic amines) is 1. The third kappa shape index (κ3) is 7.27. The molecule has 3 heterocycles. The van der Waals surface area contributed by atoms with Crippen molar-refractivity contribution in [3.63, 3.8) is 0 Å². The number of likely N-dealkylation sites (N-methyl/N-ethyl adjacent to an activating group) is 1. The molecule has 1 saturated carbocycles. The number of hydrogen-bond acceptors (Lipinski definition) is 10. The van der Waals surface area contributed by atoms with Gasteiger partial charge in [0.25, 0.3) is 5.91 Å². The monoisotopic (exact) mass is 609 g/mol. The third-order valence-corrected chi connectivity index (χ3v) is 8.06. The second-order valence-corrected chi connectivity index (χ2v) is 11.4. The average Bonchev–Trinajstić information content (AvgIpc) is 3.88. The number of carbonyl (C=O) groups excluding carboxylic acids is 2. The van der Waals surface area contributed by atoms with Crippen molar-refractivity contribution in [3.05, 3.63) is 94.5 Å². The van der Waals surface area contributed by atoms with Crippen LogP contribution in [-0.2, 0) is 16.1 Å². The second-order valence-electron chi connectivity index (χ2n) is 11.4. The van der Waals surface area contributed by atoms with Gasteiger partial charge in [-0.15, -0.1) is 0 Å². The Kier molecular flexibility index (Phi) is 9.39. The van der Waals surface area contributed by atoms with Gasteiger partial charge in [-0.2, -0.15) is 5.26 Å². The maximum Gasteiger partial charge on any atom is 0.269 e. The summed E-state index contributed by atoms with van der Waals surface area (Å²) in [5.41, 5.74) is 17.4. The fourth-order valence-electron chi connectivity index (χ4n) is 5.44. The van der Waals surface area contributed by atoms with Crippen LogP contribution in [0.1, 0.15) is 35.2 Å². The van der Waals surface area contributed by atoms with Crippen LogP contribution in [0.15, 0.2) is 72.1 Å². The summed E-state index contributed by atoms with van der Waals surface area (Å²) in [6.07, 6.45) is 11.2. The number of benzene rings is 1. The van der Waals surface area contributed by atoms with Crippen LogP contribution in [0.2, 0.25) is 0 Å². The van der Waals surface area contributed by atoms with Crippen LogP contribution in [0.5, 0.6) is 5.75 Å². The van der Waals surface area contributed by atoms with Crippen LogP contribution in [0.4, 0.5) is 5.69 Å². The highest BCUT2D eigenvalue weighted by Gasteiger charge is 2.32. The van der Waals surface area contributed by atoms with Gasteiger partial charge in [0.2, 0.25) is 5.91 Å². The van der Waals surface area contributed by atoms with Gasteiger partial charge in [0.1, 0.15) is 17.3 Å². The van der Waals surface area contributed by atoms with Crippen LogP contribution >= 0.6 is 0 Å². The highest BCUT2D eigenvalue weighted by atomic mass is 16.5. The second kappa shape index (κ2) is 13.6. The van der Waals surface area contributed by atoms with Gasteiger partial charge >= 0.3 is 0 Å². The summed E-state index contributed by atoms with van der Waals surface area (Å²) in [6.45, 7) is 5.27. The number of pyridine rings is 1. The van der Waals surface area contributed by atoms with Gasteiger partial charge in [0.05, 0.1) is 41.9 Å². The highest BCUT2D eigenvalue weighted by Crippen LogP contribution is 2.39. The molecule has 2 aliphatic heterocycles. The van der Waals surface area contributed by atoms with Crippen molar-refractivity contribution in [2.24, 2.45) is 17.4 Å². The Morgan fingerprint density at radius 3 is 2.69 bits per heavy atom. The number of rotatable bonds is 11. The van der Waals surface area contributed by atoms with Crippen LogP contribution in [0.25, 0.3) is 5.57 Å². The van der Waals surface area contributed by atoms with E-state index in [2.05, 4.69) is 55.2 Å². The molecule has 0 unspecified atom stereocenters. The van der Waals surface area contributed by atoms with E-state index in [0.29, 0.717) is 29.6 Å². The Bertz CT molecular complexity index is 1640. The topological polar surface area (TPSA) is 175 Å². The number of amides is 2. The molecule has 2 fully saturated rings. The molecule has 3 aliphatic rings. The minimum Gasteiger partial charge on any atom is -0.494 e. The summed E-state index contributed by atoms with van der Waals surface area (Å²) in [6, 6.07) is 9.87. The number of nitrogens with one attached hydrogen (secondary N) is 3.